The van der Waals surface area contributed by atoms with Crippen LogP contribution in [0.3, 0.4) is 0 Å². The van der Waals surface area contributed by atoms with E-state index in [2.05, 4.69) is 75.1 Å². The van der Waals surface area contributed by atoms with Gasteiger partial charge >= 0.3 is 0 Å². The smallest absolute Gasteiger partial charge is 0.133 e. The van der Waals surface area contributed by atoms with Gasteiger partial charge < -0.3 is 5.32 Å². The Kier molecular flexibility index (Phi) is 4.81. The average molecular weight is 411 g/mol. The molecule has 0 amide bonds. The quantitative estimate of drug-likeness (QED) is 0.613. The topological polar surface area (TPSA) is 42.7 Å². The minimum absolute atomic E-state index is 0.438. The molecule has 0 radical (unpaired) electrons. The lowest BCUT2D eigenvalue weighted by atomic mass is 10.0. The third kappa shape index (κ3) is 3.16. The molecule has 134 valence electrons. The van der Waals surface area contributed by atoms with Crippen LogP contribution in [0.1, 0.15) is 43.7 Å². The van der Waals surface area contributed by atoms with Crippen LogP contribution in [0, 0.1) is 0 Å². The van der Waals surface area contributed by atoms with Gasteiger partial charge in [-0.05, 0) is 58.8 Å². The number of anilines is 1. The van der Waals surface area contributed by atoms with Crippen LogP contribution in [-0.2, 0) is 6.42 Å². The summed E-state index contributed by atoms with van der Waals surface area (Å²) in [6, 6.07) is 10.7. The van der Waals surface area contributed by atoms with E-state index in [0.29, 0.717) is 5.92 Å². The number of benzene rings is 1. The Morgan fingerprint density at radius 3 is 2.81 bits per heavy atom. The van der Waals surface area contributed by atoms with E-state index in [1.165, 1.54) is 24.0 Å². The first-order valence-corrected chi connectivity index (χ1v) is 10.0. The van der Waals surface area contributed by atoms with E-state index >= 15 is 0 Å². The number of hydrogen-bond donors (Lipinski definition) is 1. The molecule has 4 nitrogen and oxygen atoms in total. The molecule has 3 aromatic rings. The lowest BCUT2D eigenvalue weighted by Crippen LogP contribution is -2.09. The molecular formula is C21H23BrN4. The fraction of sp³-hybridized carbons (Fsp3) is 0.333. The molecule has 0 aliphatic carbocycles. The fourth-order valence-electron chi connectivity index (χ4n) is 3.62. The van der Waals surface area contributed by atoms with Crippen LogP contribution in [0.5, 0.6) is 0 Å². The van der Waals surface area contributed by atoms with Gasteiger partial charge in [0.2, 0.25) is 0 Å². The van der Waals surface area contributed by atoms with Gasteiger partial charge in [0, 0.05) is 34.5 Å². The monoisotopic (exact) mass is 410 g/mol. The molecule has 3 heterocycles. The highest BCUT2D eigenvalue weighted by Crippen LogP contribution is 2.36. The van der Waals surface area contributed by atoms with Crippen LogP contribution < -0.4 is 5.32 Å². The van der Waals surface area contributed by atoms with Crippen molar-refractivity contribution in [1.82, 2.24) is 14.8 Å². The molecule has 5 heteroatoms. The highest BCUT2D eigenvalue weighted by Gasteiger charge is 2.23. The second kappa shape index (κ2) is 7.23. The highest BCUT2D eigenvalue weighted by molar-refractivity contribution is 9.10. The molecular weight excluding hydrogens is 388 g/mol. The maximum atomic E-state index is 5.05. The van der Waals surface area contributed by atoms with E-state index in [9.17, 15) is 0 Å². The molecule has 0 fully saturated rings. The Balaban J connectivity index is 1.94. The normalized spacial score (nSPS) is 14.0. The molecule has 1 aliphatic heterocycles. The molecule has 1 aromatic carbocycles. The first-order valence-electron chi connectivity index (χ1n) is 9.21. The van der Waals surface area contributed by atoms with Crippen LogP contribution in [0.2, 0.25) is 0 Å². The third-order valence-electron chi connectivity index (χ3n) is 4.89. The van der Waals surface area contributed by atoms with Crippen molar-refractivity contribution >= 4 is 21.7 Å². The standard InChI is InChI=1S/C21H23BrN4/c1-14(2)17-7-3-4-9-19(17)26-21-18(8-5-6-10-24-21)20(25-26)15-11-16(22)13-23-12-15/h3-4,7,9,11-14,24H,5-6,8,10H2,1-2H3. The number of rotatable bonds is 3. The Morgan fingerprint density at radius 2 is 2.00 bits per heavy atom. The third-order valence-corrected chi connectivity index (χ3v) is 5.33. The minimum atomic E-state index is 0.438. The van der Waals surface area contributed by atoms with Gasteiger partial charge in [-0.2, -0.15) is 5.10 Å². The molecule has 0 atom stereocenters. The molecule has 26 heavy (non-hydrogen) atoms. The molecule has 0 unspecified atom stereocenters. The van der Waals surface area contributed by atoms with Crippen molar-refractivity contribution in [3.8, 4) is 16.9 Å². The average Bonchev–Trinajstić information content (AvgIpc) is 2.82. The number of nitrogens with zero attached hydrogens (tertiary/aromatic N) is 3. The van der Waals surface area contributed by atoms with Crippen molar-refractivity contribution in [2.45, 2.75) is 39.0 Å². The first kappa shape index (κ1) is 17.3. The molecule has 0 saturated heterocycles. The summed E-state index contributed by atoms with van der Waals surface area (Å²) in [5.74, 6) is 1.57. The lowest BCUT2D eigenvalue weighted by Gasteiger charge is -2.15. The second-order valence-corrected chi connectivity index (χ2v) is 7.99. The maximum Gasteiger partial charge on any atom is 0.133 e. The molecule has 0 bridgehead atoms. The van der Waals surface area contributed by atoms with Gasteiger partial charge in [-0.3, -0.25) is 4.98 Å². The summed E-state index contributed by atoms with van der Waals surface area (Å²) in [5, 5.41) is 8.68. The molecule has 1 aliphatic rings. The molecule has 2 aromatic heterocycles. The first-order chi connectivity index (χ1) is 12.6. The summed E-state index contributed by atoms with van der Waals surface area (Å²) < 4.78 is 3.08. The van der Waals surface area contributed by atoms with Crippen molar-refractivity contribution < 1.29 is 0 Å². The van der Waals surface area contributed by atoms with Crippen molar-refractivity contribution in [1.29, 1.82) is 0 Å². The number of hydrogen-bond acceptors (Lipinski definition) is 3. The summed E-state index contributed by atoms with van der Waals surface area (Å²) in [5.41, 5.74) is 5.84. The van der Waals surface area contributed by atoms with Gasteiger partial charge in [0.15, 0.2) is 0 Å². The number of nitrogens with one attached hydrogen (secondary N) is 1. The van der Waals surface area contributed by atoms with E-state index in [0.717, 1.165) is 40.2 Å². The van der Waals surface area contributed by atoms with Gasteiger partial charge in [0.1, 0.15) is 5.82 Å². The zero-order chi connectivity index (χ0) is 18.1. The molecule has 4 rings (SSSR count). The number of fused-ring (bicyclic) bond motifs is 1. The Bertz CT molecular complexity index is 930. The highest BCUT2D eigenvalue weighted by atomic mass is 79.9. The Labute approximate surface area is 162 Å². The van der Waals surface area contributed by atoms with Gasteiger partial charge in [0.25, 0.3) is 0 Å². The second-order valence-electron chi connectivity index (χ2n) is 7.08. The minimum Gasteiger partial charge on any atom is -0.370 e. The molecule has 0 spiro atoms. The Hall–Kier alpha value is -2.14. The number of para-hydroxylation sites is 1. The SMILES string of the molecule is CC(C)c1ccccc1-n1nc(-c2cncc(Br)c2)c2c1NCCCC2. The predicted octanol–water partition coefficient (Wildman–Crippen LogP) is 5.57. The predicted molar refractivity (Wildman–Crippen MR) is 110 cm³/mol. The number of halogens is 1. The van der Waals surface area contributed by atoms with Crippen molar-refractivity contribution in [3.05, 3.63) is 58.3 Å². The number of pyridine rings is 1. The van der Waals surface area contributed by atoms with Crippen LogP contribution in [0.15, 0.2) is 47.2 Å². The lowest BCUT2D eigenvalue weighted by molar-refractivity contribution is 0.776. The van der Waals surface area contributed by atoms with Crippen molar-refractivity contribution in [2.24, 2.45) is 0 Å². The summed E-state index contributed by atoms with van der Waals surface area (Å²) in [7, 11) is 0. The van der Waals surface area contributed by atoms with E-state index in [1.807, 2.05) is 12.4 Å². The van der Waals surface area contributed by atoms with E-state index in [-0.39, 0.29) is 0 Å². The Morgan fingerprint density at radius 1 is 1.15 bits per heavy atom. The van der Waals surface area contributed by atoms with Crippen LogP contribution in [0.25, 0.3) is 16.9 Å². The zero-order valence-corrected chi connectivity index (χ0v) is 16.8. The fourth-order valence-corrected chi connectivity index (χ4v) is 3.98. The van der Waals surface area contributed by atoms with E-state index in [1.54, 1.807) is 0 Å². The summed E-state index contributed by atoms with van der Waals surface area (Å²) in [6.45, 7) is 5.44. The van der Waals surface area contributed by atoms with Gasteiger partial charge in [-0.1, -0.05) is 32.0 Å². The van der Waals surface area contributed by atoms with Crippen LogP contribution in [0.4, 0.5) is 5.82 Å². The van der Waals surface area contributed by atoms with Gasteiger partial charge in [0.05, 0.1) is 11.4 Å². The van der Waals surface area contributed by atoms with Crippen molar-refractivity contribution in [2.75, 3.05) is 11.9 Å². The summed E-state index contributed by atoms with van der Waals surface area (Å²) in [6.07, 6.45) is 7.10. The zero-order valence-electron chi connectivity index (χ0n) is 15.2. The van der Waals surface area contributed by atoms with Crippen LogP contribution in [-0.4, -0.2) is 21.3 Å². The maximum absolute atomic E-state index is 5.05. The summed E-state index contributed by atoms with van der Waals surface area (Å²) >= 11 is 3.54. The van der Waals surface area contributed by atoms with Gasteiger partial charge in [-0.25, -0.2) is 4.68 Å². The van der Waals surface area contributed by atoms with Crippen molar-refractivity contribution in [3.63, 3.8) is 0 Å². The summed E-state index contributed by atoms with van der Waals surface area (Å²) in [4.78, 5) is 4.34. The largest absolute Gasteiger partial charge is 0.370 e. The van der Waals surface area contributed by atoms with Crippen LogP contribution >= 0.6 is 15.9 Å². The molecule has 0 saturated carbocycles. The molecule has 1 N–H and O–H groups in total. The van der Waals surface area contributed by atoms with Gasteiger partial charge in [-0.15, -0.1) is 0 Å². The van der Waals surface area contributed by atoms with E-state index < -0.39 is 0 Å². The number of aromatic nitrogens is 3. The van der Waals surface area contributed by atoms with E-state index in [4.69, 9.17) is 5.10 Å².